The van der Waals surface area contributed by atoms with Crippen LogP contribution in [0.4, 0.5) is 14.9 Å². The summed E-state index contributed by atoms with van der Waals surface area (Å²) >= 11 is 3.18. The molecule has 2 N–H and O–H groups in total. The van der Waals surface area contributed by atoms with Gasteiger partial charge >= 0.3 is 6.03 Å². The minimum absolute atomic E-state index is 0.139. The van der Waals surface area contributed by atoms with Crippen molar-refractivity contribution < 1.29 is 9.18 Å². The molecule has 6 heteroatoms. The number of carbonyl (C=O) groups is 1. The van der Waals surface area contributed by atoms with Crippen molar-refractivity contribution in [2.75, 3.05) is 5.32 Å². The van der Waals surface area contributed by atoms with Crippen molar-refractivity contribution in [3.05, 3.63) is 88.4 Å². The van der Waals surface area contributed by atoms with Gasteiger partial charge in [-0.2, -0.15) is 0 Å². The SMILES string of the molecule is O=C(NCc1cccn1Cc1ccccc1)Nc1ccc(Br)cc1F. The Balaban J connectivity index is 1.58. The van der Waals surface area contributed by atoms with Crippen molar-refractivity contribution >= 4 is 27.6 Å². The van der Waals surface area contributed by atoms with E-state index in [4.69, 9.17) is 0 Å². The van der Waals surface area contributed by atoms with Gasteiger partial charge in [0.15, 0.2) is 0 Å². The third-order valence-corrected chi connectivity index (χ3v) is 4.22. The van der Waals surface area contributed by atoms with E-state index in [-0.39, 0.29) is 5.69 Å². The van der Waals surface area contributed by atoms with Crippen LogP contribution in [0.2, 0.25) is 0 Å². The van der Waals surface area contributed by atoms with Crippen LogP contribution in [0.1, 0.15) is 11.3 Å². The average molecular weight is 402 g/mol. The molecule has 0 saturated carbocycles. The lowest BCUT2D eigenvalue weighted by atomic mass is 10.2. The lowest BCUT2D eigenvalue weighted by Gasteiger charge is -2.12. The molecule has 0 radical (unpaired) electrons. The number of anilines is 1. The Hall–Kier alpha value is -2.60. The molecular formula is C19H17BrFN3O. The highest BCUT2D eigenvalue weighted by molar-refractivity contribution is 9.10. The van der Waals surface area contributed by atoms with E-state index in [2.05, 4.69) is 43.3 Å². The van der Waals surface area contributed by atoms with Gasteiger partial charge in [0.2, 0.25) is 0 Å². The number of nitrogens with one attached hydrogen (secondary N) is 2. The third-order valence-electron chi connectivity index (χ3n) is 3.73. The monoisotopic (exact) mass is 401 g/mol. The fraction of sp³-hybridized carbons (Fsp3) is 0.105. The van der Waals surface area contributed by atoms with Crippen molar-refractivity contribution in [2.45, 2.75) is 13.1 Å². The number of benzene rings is 2. The maximum atomic E-state index is 13.8. The molecule has 3 rings (SSSR count). The topological polar surface area (TPSA) is 46.1 Å². The summed E-state index contributed by atoms with van der Waals surface area (Å²) in [5.41, 5.74) is 2.29. The first kappa shape index (κ1) is 17.2. The molecule has 0 aliphatic carbocycles. The first-order chi connectivity index (χ1) is 12.1. The van der Waals surface area contributed by atoms with Gasteiger partial charge in [0.25, 0.3) is 0 Å². The van der Waals surface area contributed by atoms with E-state index in [9.17, 15) is 9.18 Å². The van der Waals surface area contributed by atoms with E-state index in [1.165, 1.54) is 17.7 Å². The second-order valence-corrected chi connectivity index (χ2v) is 6.46. The molecule has 1 aromatic heterocycles. The van der Waals surface area contributed by atoms with E-state index in [1.54, 1.807) is 6.07 Å². The molecule has 1 heterocycles. The van der Waals surface area contributed by atoms with Crippen molar-refractivity contribution in [1.29, 1.82) is 0 Å². The van der Waals surface area contributed by atoms with Crippen LogP contribution in [0.5, 0.6) is 0 Å². The summed E-state index contributed by atoms with van der Waals surface area (Å²) in [4.78, 5) is 12.0. The van der Waals surface area contributed by atoms with Gasteiger partial charge in [-0.05, 0) is 35.9 Å². The van der Waals surface area contributed by atoms with Crippen LogP contribution in [0, 0.1) is 5.82 Å². The Morgan fingerprint density at radius 3 is 2.64 bits per heavy atom. The van der Waals surface area contributed by atoms with Crippen LogP contribution in [0.25, 0.3) is 0 Å². The number of urea groups is 1. The van der Waals surface area contributed by atoms with Gasteiger partial charge in [-0.1, -0.05) is 46.3 Å². The second kappa shape index (κ2) is 7.98. The predicted molar refractivity (Wildman–Crippen MR) is 99.9 cm³/mol. The quantitative estimate of drug-likeness (QED) is 0.635. The summed E-state index contributed by atoms with van der Waals surface area (Å²) in [5, 5.41) is 5.27. The van der Waals surface area contributed by atoms with E-state index in [0.717, 1.165) is 12.2 Å². The molecule has 2 aromatic carbocycles. The van der Waals surface area contributed by atoms with Gasteiger partial charge in [-0.3, -0.25) is 0 Å². The predicted octanol–water partition coefficient (Wildman–Crippen LogP) is 4.76. The smallest absolute Gasteiger partial charge is 0.319 e. The molecule has 4 nitrogen and oxygen atoms in total. The van der Waals surface area contributed by atoms with Crippen LogP contribution >= 0.6 is 15.9 Å². The zero-order valence-electron chi connectivity index (χ0n) is 13.4. The van der Waals surface area contributed by atoms with E-state index in [1.807, 2.05) is 36.5 Å². The molecule has 0 spiro atoms. The largest absolute Gasteiger partial charge is 0.345 e. The molecule has 0 bridgehead atoms. The lowest BCUT2D eigenvalue weighted by Crippen LogP contribution is -2.29. The Kier molecular flexibility index (Phi) is 5.50. The van der Waals surface area contributed by atoms with Gasteiger partial charge in [-0.25, -0.2) is 9.18 Å². The summed E-state index contributed by atoms with van der Waals surface area (Å²) in [7, 11) is 0. The highest BCUT2D eigenvalue weighted by Crippen LogP contribution is 2.19. The number of hydrogen-bond donors (Lipinski definition) is 2. The summed E-state index contributed by atoms with van der Waals surface area (Å²) in [5.74, 6) is -0.489. The average Bonchev–Trinajstić information content (AvgIpc) is 3.03. The zero-order chi connectivity index (χ0) is 17.6. The Labute approximate surface area is 153 Å². The number of aromatic nitrogens is 1. The lowest BCUT2D eigenvalue weighted by molar-refractivity contribution is 0.251. The third kappa shape index (κ3) is 4.70. The van der Waals surface area contributed by atoms with Gasteiger partial charge in [0, 0.05) is 22.9 Å². The highest BCUT2D eigenvalue weighted by Gasteiger charge is 2.08. The summed E-state index contributed by atoms with van der Waals surface area (Å²) in [6.07, 6.45) is 1.97. The molecule has 25 heavy (non-hydrogen) atoms. The van der Waals surface area contributed by atoms with Crippen LogP contribution in [0.3, 0.4) is 0 Å². The Bertz CT molecular complexity index is 864. The number of nitrogens with zero attached hydrogens (tertiary/aromatic N) is 1. The minimum atomic E-state index is -0.489. The van der Waals surface area contributed by atoms with Crippen molar-refractivity contribution in [3.63, 3.8) is 0 Å². The number of rotatable bonds is 5. The van der Waals surface area contributed by atoms with Gasteiger partial charge in [-0.15, -0.1) is 0 Å². The van der Waals surface area contributed by atoms with Crippen LogP contribution in [-0.4, -0.2) is 10.6 Å². The van der Waals surface area contributed by atoms with Crippen molar-refractivity contribution in [3.8, 4) is 0 Å². The molecule has 0 saturated heterocycles. The minimum Gasteiger partial charge on any atom is -0.345 e. The molecule has 0 atom stereocenters. The van der Waals surface area contributed by atoms with Crippen molar-refractivity contribution in [1.82, 2.24) is 9.88 Å². The normalized spacial score (nSPS) is 10.5. The maximum Gasteiger partial charge on any atom is 0.319 e. The number of hydrogen-bond acceptors (Lipinski definition) is 1. The van der Waals surface area contributed by atoms with E-state index < -0.39 is 11.8 Å². The molecule has 128 valence electrons. The second-order valence-electron chi connectivity index (χ2n) is 5.54. The Morgan fingerprint density at radius 1 is 1.08 bits per heavy atom. The first-order valence-corrected chi connectivity index (χ1v) is 8.59. The van der Waals surface area contributed by atoms with Gasteiger partial charge in [0.1, 0.15) is 5.82 Å². The number of halogens is 2. The zero-order valence-corrected chi connectivity index (χ0v) is 15.0. The fourth-order valence-electron chi connectivity index (χ4n) is 2.47. The van der Waals surface area contributed by atoms with Crippen LogP contribution in [-0.2, 0) is 13.1 Å². The van der Waals surface area contributed by atoms with E-state index in [0.29, 0.717) is 11.0 Å². The molecule has 0 unspecified atom stereocenters. The number of amides is 2. The molecule has 3 aromatic rings. The summed E-state index contributed by atoms with van der Waals surface area (Å²) < 4.78 is 16.4. The molecule has 2 amide bonds. The standard InChI is InChI=1S/C19H17BrFN3O/c20-15-8-9-18(17(21)11-15)23-19(25)22-12-16-7-4-10-24(16)13-14-5-2-1-3-6-14/h1-11H,12-13H2,(H2,22,23,25). The van der Waals surface area contributed by atoms with Crippen molar-refractivity contribution in [2.24, 2.45) is 0 Å². The fourth-order valence-corrected chi connectivity index (χ4v) is 2.81. The molecule has 0 aliphatic rings. The van der Waals surface area contributed by atoms with Crippen LogP contribution in [0.15, 0.2) is 71.3 Å². The highest BCUT2D eigenvalue weighted by atomic mass is 79.9. The van der Waals surface area contributed by atoms with Gasteiger partial charge < -0.3 is 15.2 Å². The maximum absolute atomic E-state index is 13.8. The molecule has 0 aliphatic heterocycles. The van der Waals surface area contributed by atoms with Crippen LogP contribution < -0.4 is 10.6 Å². The summed E-state index contributed by atoms with van der Waals surface area (Å²) in [6, 6.07) is 18.0. The van der Waals surface area contributed by atoms with Gasteiger partial charge in [0.05, 0.1) is 12.2 Å². The molecular weight excluding hydrogens is 385 g/mol. The summed E-state index contributed by atoms with van der Waals surface area (Å²) in [6.45, 7) is 1.08. The molecule has 0 fully saturated rings. The first-order valence-electron chi connectivity index (χ1n) is 7.79. The number of carbonyl (C=O) groups excluding carboxylic acids is 1. The Morgan fingerprint density at radius 2 is 1.88 bits per heavy atom. The van der Waals surface area contributed by atoms with E-state index >= 15 is 0 Å².